The van der Waals surface area contributed by atoms with E-state index in [0.717, 1.165) is 5.70 Å². The second-order valence-corrected chi connectivity index (χ2v) is 8.14. The summed E-state index contributed by atoms with van der Waals surface area (Å²) >= 11 is 0. The van der Waals surface area contributed by atoms with Gasteiger partial charge in [0.1, 0.15) is 0 Å². The Hall–Kier alpha value is -2.28. The Kier molecular flexibility index (Phi) is 4.84. The fourth-order valence-electron chi connectivity index (χ4n) is 4.47. The number of hydrogen-bond acceptors (Lipinski definition) is 1. The van der Waals surface area contributed by atoms with Crippen LogP contribution in [0.15, 0.2) is 49.2 Å². The molecule has 0 bridgehead atoms. The summed E-state index contributed by atoms with van der Waals surface area (Å²) < 4.78 is 0. The van der Waals surface area contributed by atoms with Gasteiger partial charge < -0.3 is 4.90 Å². The van der Waals surface area contributed by atoms with Gasteiger partial charge in [0.25, 0.3) is 0 Å². The summed E-state index contributed by atoms with van der Waals surface area (Å²) in [4.78, 5) is 2.28. The van der Waals surface area contributed by atoms with Gasteiger partial charge in [0.05, 0.1) is 5.69 Å². The molecule has 0 aliphatic carbocycles. The summed E-state index contributed by atoms with van der Waals surface area (Å²) in [6.07, 6.45) is 6.59. The van der Waals surface area contributed by atoms with Gasteiger partial charge in [-0.15, -0.1) is 0 Å². The fraction of sp³-hybridized carbons (Fsp3) is 0.360. The van der Waals surface area contributed by atoms with Crippen molar-refractivity contribution in [3.8, 4) is 11.1 Å². The van der Waals surface area contributed by atoms with Crippen LogP contribution in [0.3, 0.4) is 0 Å². The summed E-state index contributed by atoms with van der Waals surface area (Å²) in [6, 6.07) is 11.3. The molecule has 1 nitrogen and oxygen atoms in total. The lowest BCUT2D eigenvalue weighted by molar-refractivity contribution is 0.472. The molecule has 0 aromatic heterocycles. The average molecular weight is 346 g/mol. The van der Waals surface area contributed by atoms with Gasteiger partial charge in [-0.25, -0.2) is 0 Å². The highest BCUT2D eigenvalue weighted by atomic mass is 15.1. The Labute approximate surface area is 159 Å². The first kappa shape index (κ1) is 18.5. The molecule has 0 amide bonds. The van der Waals surface area contributed by atoms with Gasteiger partial charge in [0.2, 0.25) is 0 Å². The first-order valence-corrected chi connectivity index (χ1v) is 9.68. The summed E-state index contributed by atoms with van der Waals surface area (Å²) in [5.74, 6) is 0. The van der Waals surface area contributed by atoms with Gasteiger partial charge in [-0.1, -0.05) is 69.7 Å². The van der Waals surface area contributed by atoms with Crippen molar-refractivity contribution in [3.63, 3.8) is 0 Å². The van der Waals surface area contributed by atoms with E-state index >= 15 is 0 Å². The number of anilines is 1. The summed E-state index contributed by atoms with van der Waals surface area (Å²) in [5.41, 5.74) is 10.4. The highest BCUT2D eigenvalue weighted by Gasteiger charge is 2.32. The highest BCUT2D eigenvalue weighted by molar-refractivity contribution is 6.01. The van der Waals surface area contributed by atoms with Crippen LogP contribution in [0.5, 0.6) is 0 Å². The van der Waals surface area contributed by atoms with E-state index in [1.54, 1.807) is 0 Å². The van der Waals surface area contributed by atoms with E-state index in [4.69, 9.17) is 0 Å². The monoisotopic (exact) mass is 345 g/mol. The number of rotatable bonds is 4. The molecule has 2 aromatic rings. The molecular formula is C25H31N. The fourth-order valence-corrected chi connectivity index (χ4v) is 4.47. The molecule has 1 heteroatoms. The molecule has 2 aromatic carbocycles. The number of nitrogens with zero attached hydrogens (tertiary/aromatic N) is 1. The van der Waals surface area contributed by atoms with Crippen LogP contribution >= 0.6 is 0 Å². The van der Waals surface area contributed by atoms with E-state index in [0.29, 0.717) is 0 Å². The summed E-state index contributed by atoms with van der Waals surface area (Å²) in [7, 11) is 0. The SMILES string of the molecule is C=C1c2c(cccc2C(C)(C)CCC)-c2cc(C)cc(C)c2N1/C=C\C. The third-order valence-electron chi connectivity index (χ3n) is 5.52. The maximum Gasteiger partial charge on any atom is 0.0563 e. The van der Waals surface area contributed by atoms with Gasteiger partial charge in [-0.3, -0.25) is 0 Å². The molecule has 0 N–H and O–H groups in total. The number of allylic oxidation sites excluding steroid dienone is 1. The van der Waals surface area contributed by atoms with Crippen molar-refractivity contribution in [3.05, 3.63) is 71.4 Å². The number of benzene rings is 2. The maximum absolute atomic E-state index is 4.53. The lowest BCUT2D eigenvalue weighted by atomic mass is 9.74. The topological polar surface area (TPSA) is 3.24 Å². The zero-order valence-corrected chi connectivity index (χ0v) is 17.1. The summed E-state index contributed by atoms with van der Waals surface area (Å²) in [6.45, 7) is 18.0. The van der Waals surface area contributed by atoms with Crippen LogP contribution in [0.4, 0.5) is 5.69 Å². The van der Waals surface area contributed by atoms with Crippen molar-refractivity contribution in [2.24, 2.45) is 0 Å². The van der Waals surface area contributed by atoms with Crippen LogP contribution in [-0.4, -0.2) is 0 Å². The third-order valence-corrected chi connectivity index (χ3v) is 5.52. The molecule has 0 atom stereocenters. The second-order valence-electron chi connectivity index (χ2n) is 8.14. The molecule has 0 saturated heterocycles. The molecule has 0 spiro atoms. The van der Waals surface area contributed by atoms with E-state index in [1.807, 2.05) is 0 Å². The number of aryl methyl sites for hydroxylation is 2. The molecule has 0 radical (unpaired) electrons. The average Bonchev–Trinajstić information content (AvgIpc) is 2.57. The van der Waals surface area contributed by atoms with Crippen LogP contribution in [0, 0.1) is 13.8 Å². The minimum atomic E-state index is 0.126. The smallest absolute Gasteiger partial charge is 0.0563 e. The Morgan fingerprint density at radius 1 is 1.12 bits per heavy atom. The van der Waals surface area contributed by atoms with E-state index in [9.17, 15) is 0 Å². The second kappa shape index (κ2) is 6.79. The van der Waals surface area contributed by atoms with Crippen LogP contribution < -0.4 is 4.90 Å². The molecule has 1 heterocycles. The first-order chi connectivity index (χ1) is 12.3. The van der Waals surface area contributed by atoms with Crippen LogP contribution in [-0.2, 0) is 5.41 Å². The maximum atomic E-state index is 4.53. The predicted octanol–water partition coefficient (Wildman–Crippen LogP) is 7.37. The molecular weight excluding hydrogens is 314 g/mol. The quantitative estimate of drug-likeness (QED) is 0.559. The Bertz CT molecular complexity index is 883. The van der Waals surface area contributed by atoms with Gasteiger partial charge in [-0.05, 0) is 55.4 Å². The standard InChI is InChI=1S/C25H31N/c1-8-13-25(6,7)22-12-10-11-20-21-16-17(3)15-18(4)24(21)26(14-9-2)19(5)23(20)22/h9-12,14-16H,5,8,13H2,1-4,6-7H3/b14-9-. The van der Waals surface area contributed by atoms with Crippen molar-refractivity contribution in [1.82, 2.24) is 0 Å². The van der Waals surface area contributed by atoms with Crippen molar-refractivity contribution in [1.29, 1.82) is 0 Å². The third kappa shape index (κ3) is 2.90. The van der Waals surface area contributed by atoms with Crippen LogP contribution in [0.25, 0.3) is 16.8 Å². The van der Waals surface area contributed by atoms with Crippen molar-refractivity contribution < 1.29 is 0 Å². The molecule has 3 rings (SSSR count). The Balaban J connectivity index is 2.37. The van der Waals surface area contributed by atoms with E-state index in [-0.39, 0.29) is 5.41 Å². The normalized spacial score (nSPS) is 13.9. The first-order valence-electron chi connectivity index (χ1n) is 9.68. The lowest BCUT2D eigenvalue weighted by Crippen LogP contribution is -2.26. The van der Waals surface area contributed by atoms with Crippen molar-refractivity contribution in [2.75, 3.05) is 4.90 Å². The largest absolute Gasteiger partial charge is 0.317 e. The van der Waals surface area contributed by atoms with Crippen molar-refractivity contribution >= 4 is 11.4 Å². The molecule has 136 valence electrons. The molecule has 26 heavy (non-hydrogen) atoms. The van der Waals surface area contributed by atoms with E-state index in [1.165, 1.54) is 51.9 Å². The van der Waals surface area contributed by atoms with Crippen molar-refractivity contribution in [2.45, 2.75) is 59.8 Å². The lowest BCUT2D eigenvalue weighted by Gasteiger charge is -2.38. The molecule has 0 saturated carbocycles. The zero-order chi connectivity index (χ0) is 19.1. The molecule has 1 aliphatic heterocycles. The summed E-state index contributed by atoms with van der Waals surface area (Å²) in [5, 5.41) is 0. The molecule has 1 aliphatic rings. The zero-order valence-electron chi connectivity index (χ0n) is 17.1. The minimum Gasteiger partial charge on any atom is -0.317 e. The predicted molar refractivity (Wildman–Crippen MR) is 116 cm³/mol. The number of hydrogen-bond donors (Lipinski definition) is 0. The van der Waals surface area contributed by atoms with Gasteiger partial charge >= 0.3 is 0 Å². The minimum absolute atomic E-state index is 0.126. The Morgan fingerprint density at radius 3 is 2.50 bits per heavy atom. The Morgan fingerprint density at radius 2 is 1.85 bits per heavy atom. The van der Waals surface area contributed by atoms with E-state index in [2.05, 4.69) is 95.6 Å². The van der Waals surface area contributed by atoms with E-state index < -0.39 is 0 Å². The van der Waals surface area contributed by atoms with Crippen LogP contribution in [0.1, 0.15) is 62.8 Å². The van der Waals surface area contributed by atoms with Gasteiger partial charge in [-0.2, -0.15) is 0 Å². The number of fused-ring (bicyclic) bond motifs is 3. The molecule has 0 fully saturated rings. The van der Waals surface area contributed by atoms with Gasteiger partial charge in [0.15, 0.2) is 0 Å². The molecule has 0 unspecified atom stereocenters. The highest BCUT2D eigenvalue weighted by Crippen LogP contribution is 2.49. The van der Waals surface area contributed by atoms with Gasteiger partial charge in [0, 0.05) is 23.0 Å². The van der Waals surface area contributed by atoms with Crippen LogP contribution in [0.2, 0.25) is 0 Å².